The summed E-state index contributed by atoms with van der Waals surface area (Å²) in [6, 6.07) is 16.1. The molecule has 1 amide bonds. The van der Waals surface area contributed by atoms with Crippen LogP contribution in [0.4, 0.5) is 5.69 Å². The Morgan fingerprint density at radius 2 is 1.82 bits per heavy atom. The summed E-state index contributed by atoms with van der Waals surface area (Å²) in [6.07, 6.45) is 4.32. The number of nitro benzene ring substituents is 1. The number of benzene rings is 2. The van der Waals surface area contributed by atoms with Crippen LogP contribution in [0.2, 0.25) is 0 Å². The Bertz CT molecular complexity index is 1040. The maximum atomic E-state index is 12.8. The Balaban J connectivity index is 1.62. The second-order valence-corrected chi connectivity index (χ2v) is 7.78. The van der Waals surface area contributed by atoms with Crippen molar-refractivity contribution >= 4 is 11.6 Å². The van der Waals surface area contributed by atoms with E-state index in [0.717, 1.165) is 25.7 Å². The number of aromatic nitrogens is 2. The summed E-state index contributed by atoms with van der Waals surface area (Å²) >= 11 is 0. The van der Waals surface area contributed by atoms with Gasteiger partial charge in [-0.05, 0) is 31.4 Å². The lowest BCUT2D eigenvalue weighted by Gasteiger charge is -2.22. The van der Waals surface area contributed by atoms with Crippen molar-refractivity contribution in [1.82, 2.24) is 15.0 Å². The topological polar surface area (TPSA) is 128 Å². The number of hydrogen-bond acceptors (Lipinski definition) is 7. The second kappa shape index (κ2) is 12.4. The van der Waals surface area contributed by atoms with Gasteiger partial charge in [-0.3, -0.25) is 14.9 Å². The van der Waals surface area contributed by atoms with Crippen LogP contribution in [-0.2, 0) is 17.6 Å². The Hall–Kier alpha value is -3.59. The lowest BCUT2D eigenvalue weighted by molar-refractivity contribution is -0.384. The van der Waals surface area contributed by atoms with E-state index in [4.69, 9.17) is 10.3 Å². The van der Waals surface area contributed by atoms with Crippen LogP contribution in [0.3, 0.4) is 0 Å². The summed E-state index contributed by atoms with van der Waals surface area (Å²) in [5, 5.41) is 15.0. The lowest BCUT2D eigenvalue weighted by Crippen LogP contribution is -2.34. The first-order chi connectivity index (χ1) is 16.1. The zero-order valence-corrected chi connectivity index (χ0v) is 18.6. The minimum Gasteiger partial charge on any atom is -0.342 e. The average Bonchev–Trinajstić information content (AvgIpc) is 3.31. The third-order valence-corrected chi connectivity index (χ3v) is 5.34. The third-order valence-electron chi connectivity index (χ3n) is 5.34. The van der Waals surface area contributed by atoms with Crippen molar-refractivity contribution in [3.05, 3.63) is 76.2 Å². The van der Waals surface area contributed by atoms with Crippen molar-refractivity contribution in [1.29, 1.82) is 0 Å². The van der Waals surface area contributed by atoms with Crippen LogP contribution in [0.5, 0.6) is 0 Å². The van der Waals surface area contributed by atoms with Crippen LogP contribution in [0, 0.1) is 10.1 Å². The summed E-state index contributed by atoms with van der Waals surface area (Å²) in [4.78, 5) is 29.6. The molecule has 3 aromatic rings. The van der Waals surface area contributed by atoms with Crippen molar-refractivity contribution in [2.75, 3.05) is 19.6 Å². The number of carbonyl (C=O) groups is 1. The van der Waals surface area contributed by atoms with Gasteiger partial charge in [0.05, 0.1) is 4.92 Å². The fourth-order valence-electron chi connectivity index (χ4n) is 3.49. The van der Waals surface area contributed by atoms with Crippen LogP contribution in [-0.4, -0.2) is 45.5 Å². The molecule has 1 aromatic heterocycles. The molecule has 0 aliphatic rings. The van der Waals surface area contributed by atoms with Crippen molar-refractivity contribution < 1.29 is 14.2 Å². The number of amides is 1. The number of unbranched alkanes of at least 4 members (excludes halogenated alkanes) is 2. The predicted molar refractivity (Wildman–Crippen MR) is 124 cm³/mol. The predicted octanol–water partition coefficient (Wildman–Crippen LogP) is 3.78. The van der Waals surface area contributed by atoms with E-state index in [1.165, 1.54) is 17.7 Å². The van der Waals surface area contributed by atoms with E-state index in [-0.39, 0.29) is 17.4 Å². The molecule has 0 bridgehead atoms. The Labute approximate surface area is 192 Å². The monoisotopic (exact) mass is 451 g/mol. The molecule has 0 radical (unpaired) electrons. The Morgan fingerprint density at radius 1 is 1.03 bits per heavy atom. The molecule has 0 saturated heterocycles. The molecule has 3 rings (SSSR count). The number of nitro groups is 1. The quantitative estimate of drug-likeness (QED) is 0.238. The standard InChI is InChI=1S/C24H29N5O4/c25-15-6-2-5-12-23(30)28(16-13-19-8-3-1-4-9-19)17-14-22-26-24(27-33-22)20-10-7-11-21(18-20)29(31)32/h1,3-4,7-11,18H,2,5-6,12-17,25H2. The second-order valence-electron chi connectivity index (χ2n) is 7.78. The lowest BCUT2D eigenvalue weighted by atomic mass is 10.1. The molecule has 1 heterocycles. The van der Waals surface area contributed by atoms with Gasteiger partial charge in [0.15, 0.2) is 0 Å². The van der Waals surface area contributed by atoms with Gasteiger partial charge in [-0.15, -0.1) is 0 Å². The van der Waals surface area contributed by atoms with Crippen LogP contribution in [0.15, 0.2) is 59.1 Å². The van der Waals surface area contributed by atoms with Gasteiger partial charge in [0.1, 0.15) is 0 Å². The summed E-state index contributed by atoms with van der Waals surface area (Å²) in [5.74, 6) is 0.774. The summed E-state index contributed by atoms with van der Waals surface area (Å²) < 4.78 is 5.34. The number of nitrogens with two attached hydrogens (primary N) is 1. The zero-order chi connectivity index (χ0) is 23.5. The smallest absolute Gasteiger partial charge is 0.270 e. The molecule has 0 aliphatic carbocycles. The van der Waals surface area contributed by atoms with Crippen molar-refractivity contribution in [3.63, 3.8) is 0 Å². The highest BCUT2D eigenvalue weighted by Gasteiger charge is 2.17. The summed E-state index contributed by atoms with van der Waals surface area (Å²) in [5.41, 5.74) is 7.19. The number of non-ortho nitro benzene ring substituents is 1. The van der Waals surface area contributed by atoms with Gasteiger partial charge in [-0.2, -0.15) is 4.98 Å². The Kier molecular flexibility index (Phi) is 9.08. The summed E-state index contributed by atoms with van der Waals surface area (Å²) in [6.45, 7) is 1.70. The highest BCUT2D eigenvalue weighted by Crippen LogP contribution is 2.21. The maximum absolute atomic E-state index is 12.8. The fraction of sp³-hybridized carbons (Fsp3) is 0.375. The average molecular weight is 452 g/mol. The normalized spacial score (nSPS) is 10.8. The van der Waals surface area contributed by atoms with Crippen LogP contribution in [0.25, 0.3) is 11.4 Å². The maximum Gasteiger partial charge on any atom is 0.270 e. The van der Waals surface area contributed by atoms with Crippen LogP contribution < -0.4 is 5.73 Å². The first-order valence-corrected chi connectivity index (χ1v) is 11.2. The first kappa shape index (κ1) is 24.1. The molecular formula is C24H29N5O4. The molecule has 2 aromatic carbocycles. The summed E-state index contributed by atoms with van der Waals surface area (Å²) in [7, 11) is 0. The molecule has 0 spiro atoms. The fourth-order valence-corrected chi connectivity index (χ4v) is 3.49. The molecule has 9 nitrogen and oxygen atoms in total. The van der Waals surface area contributed by atoms with E-state index in [1.807, 2.05) is 35.2 Å². The SMILES string of the molecule is NCCCCCC(=O)N(CCc1ccccc1)CCc1nc(-c2cccc([N+](=O)[O-])c2)no1. The van der Waals surface area contributed by atoms with Crippen LogP contribution >= 0.6 is 0 Å². The van der Waals surface area contributed by atoms with Gasteiger partial charge < -0.3 is 15.2 Å². The van der Waals surface area contributed by atoms with Gasteiger partial charge in [0.2, 0.25) is 17.6 Å². The van der Waals surface area contributed by atoms with E-state index in [2.05, 4.69) is 10.1 Å². The van der Waals surface area contributed by atoms with Gasteiger partial charge in [0.25, 0.3) is 5.69 Å². The number of nitrogens with zero attached hydrogens (tertiary/aromatic N) is 4. The van der Waals surface area contributed by atoms with Crippen molar-refractivity contribution in [3.8, 4) is 11.4 Å². The molecule has 0 saturated carbocycles. The van der Waals surface area contributed by atoms with Crippen molar-refractivity contribution in [2.24, 2.45) is 5.73 Å². The molecule has 0 fully saturated rings. The van der Waals surface area contributed by atoms with E-state index < -0.39 is 4.92 Å². The third kappa shape index (κ3) is 7.50. The first-order valence-electron chi connectivity index (χ1n) is 11.2. The zero-order valence-electron chi connectivity index (χ0n) is 18.6. The number of rotatable bonds is 13. The van der Waals surface area contributed by atoms with E-state index in [9.17, 15) is 14.9 Å². The molecule has 9 heteroatoms. The van der Waals surface area contributed by atoms with Gasteiger partial charge >= 0.3 is 0 Å². The number of carbonyl (C=O) groups excluding carboxylic acids is 1. The highest BCUT2D eigenvalue weighted by molar-refractivity contribution is 5.76. The molecule has 0 atom stereocenters. The Morgan fingerprint density at radius 3 is 2.58 bits per heavy atom. The molecule has 0 unspecified atom stereocenters. The largest absolute Gasteiger partial charge is 0.342 e. The minimum atomic E-state index is -0.464. The van der Waals surface area contributed by atoms with E-state index in [0.29, 0.717) is 43.9 Å². The molecule has 174 valence electrons. The highest BCUT2D eigenvalue weighted by atomic mass is 16.6. The van der Waals surface area contributed by atoms with E-state index in [1.54, 1.807) is 12.1 Å². The van der Waals surface area contributed by atoms with Gasteiger partial charge in [-0.25, -0.2) is 0 Å². The molecule has 2 N–H and O–H groups in total. The van der Waals surface area contributed by atoms with Crippen molar-refractivity contribution in [2.45, 2.75) is 38.5 Å². The minimum absolute atomic E-state index is 0.0360. The van der Waals surface area contributed by atoms with Gasteiger partial charge in [-0.1, -0.05) is 54.0 Å². The number of hydrogen-bond donors (Lipinski definition) is 1. The van der Waals surface area contributed by atoms with Crippen LogP contribution in [0.1, 0.15) is 37.1 Å². The van der Waals surface area contributed by atoms with E-state index >= 15 is 0 Å². The molecular weight excluding hydrogens is 422 g/mol. The molecule has 0 aliphatic heterocycles. The molecule has 33 heavy (non-hydrogen) atoms. The van der Waals surface area contributed by atoms with Gasteiger partial charge in [0, 0.05) is 43.6 Å².